The van der Waals surface area contributed by atoms with E-state index in [-0.39, 0.29) is 11.9 Å². The molecule has 0 spiro atoms. The lowest BCUT2D eigenvalue weighted by molar-refractivity contribution is -0.119. The summed E-state index contributed by atoms with van der Waals surface area (Å²) in [6.45, 7) is 0.888. The van der Waals surface area contributed by atoms with E-state index in [1.807, 2.05) is 12.1 Å². The van der Waals surface area contributed by atoms with Crippen LogP contribution < -0.4 is 10.6 Å². The van der Waals surface area contributed by atoms with Crippen LogP contribution in [0.2, 0.25) is 0 Å². The Morgan fingerprint density at radius 2 is 2.40 bits per heavy atom. The van der Waals surface area contributed by atoms with Crippen LogP contribution in [0.25, 0.3) is 0 Å². The Labute approximate surface area is 89.1 Å². The molecule has 80 valence electrons. The fraction of sp³-hybridized carbons (Fsp3) is 0.455. The van der Waals surface area contributed by atoms with Gasteiger partial charge >= 0.3 is 0 Å². The molecule has 2 rings (SSSR count). The van der Waals surface area contributed by atoms with Gasteiger partial charge in [-0.2, -0.15) is 0 Å². The zero-order chi connectivity index (χ0) is 10.7. The van der Waals surface area contributed by atoms with Gasteiger partial charge in [0.1, 0.15) is 6.04 Å². The van der Waals surface area contributed by atoms with Crippen molar-refractivity contribution in [2.24, 2.45) is 5.73 Å². The Hall–Kier alpha value is -1.58. The van der Waals surface area contributed by atoms with Gasteiger partial charge in [-0.15, -0.1) is 0 Å². The minimum absolute atomic E-state index is 0.164. The van der Waals surface area contributed by atoms with Gasteiger partial charge in [0.05, 0.1) is 11.9 Å². The Bertz CT molecular complexity index is 339. The summed E-state index contributed by atoms with van der Waals surface area (Å²) >= 11 is 0. The predicted octanol–water partition coefficient (Wildman–Crippen LogP) is 0.926. The third-order valence-electron chi connectivity index (χ3n) is 2.81. The lowest BCUT2D eigenvalue weighted by atomic mass is 10.0. The van der Waals surface area contributed by atoms with Gasteiger partial charge in [-0.25, -0.2) is 0 Å². The minimum Gasteiger partial charge on any atom is -0.368 e. The van der Waals surface area contributed by atoms with Crippen molar-refractivity contribution < 1.29 is 4.79 Å². The molecule has 1 aliphatic rings. The van der Waals surface area contributed by atoms with Crippen molar-refractivity contribution in [3.63, 3.8) is 0 Å². The van der Waals surface area contributed by atoms with E-state index in [4.69, 9.17) is 5.73 Å². The van der Waals surface area contributed by atoms with E-state index in [0.717, 1.165) is 31.5 Å². The molecule has 0 bridgehead atoms. The number of hydrogen-bond donors (Lipinski definition) is 1. The first-order valence-electron chi connectivity index (χ1n) is 5.25. The molecule has 2 N–H and O–H groups in total. The molecule has 1 amide bonds. The molecule has 0 radical (unpaired) electrons. The average Bonchev–Trinajstić information content (AvgIpc) is 2.30. The van der Waals surface area contributed by atoms with E-state index < -0.39 is 0 Å². The number of pyridine rings is 1. The van der Waals surface area contributed by atoms with Crippen LogP contribution in [0.15, 0.2) is 24.5 Å². The van der Waals surface area contributed by atoms with E-state index in [9.17, 15) is 4.79 Å². The largest absolute Gasteiger partial charge is 0.368 e. The van der Waals surface area contributed by atoms with E-state index in [2.05, 4.69) is 9.88 Å². The molecule has 0 aliphatic carbocycles. The molecule has 1 atom stereocenters. The van der Waals surface area contributed by atoms with Gasteiger partial charge in [0, 0.05) is 12.7 Å². The quantitative estimate of drug-likeness (QED) is 0.781. The molecule has 0 unspecified atom stereocenters. The van der Waals surface area contributed by atoms with Crippen LogP contribution in [0.5, 0.6) is 0 Å². The molecular formula is C11H15N3O. The third-order valence-corrected chi connectivity index (χ3v) is 2.81. The molecule has 0 saturated carbocycles. The number of primary amides is 1. The maximum atomic E-state index is 11.3. The van der Waals surface area contributed by atoms with Crippen molar-refractivity contribution in [3.05, 3.63) is 24.5 Å². The molecule has 1 aliphatic heterocycles. The van der Waals surface area contributed by atoms with Crippen molar-refractivity contribution in [2.45, 2.75) is 25.3 Å². The number of nitrogens with zero attached hydrogens (tertiary/aromatic N) is 2. The van der Waals surface area contributed by atoms with Crippen molar-refractivity contribution in [2.75, 3.05) is 11.4 Å². The third kappa shape index (κ3) is 2.09. The van der Waals surface area contributed by atoms with Crippen molar-refractivity contribution in [1.82, 2.24) is 4.98 Å². The number of piperidine rings is 1. The molecule has 0 aromatic carbocycles. The molecule has 15 heavy (non-hydrogen) atoms. The fourth-order valence-corrected chi connectivity index (χ4v) is 2.06. The Balaban J connectivity index is 2.22. The Morgan fingerprint density at radius 1 is 1.53 bits per heavy atom. The van der Waals surface area contributed by atoms with Gasteiger partial charge in [0.15, 0.2) is 0 Å². The minimum atomic E-state index is -0.237. The fourth-order valence-electron chi connectivity index (χ4n) is 2.06. The van der Waals surface area contributed by atoms with Crippen LogP contribution in [0.3, 0.4) is 0 Å². The first-order valence-corrected chi connectivity index (χ1v) is 5.25. The normalized spacial score (nSPS) is 21.3. The zero-order valence-electron chi connectivity index (χ0n) is 8.60. The van der Waals surface area contributed by atoms with Gasteiger partial charge in [-0.1, -0.05) is 0 Å². The maximum Gasteiger partial charge on any atom is 0.240 e. The molecule has 1 saturated heterocycles. The SMILES string of the molecule is NC(=O)[C@@H]1CCCCN1c1cccnc1. The highest BCUT2D eigenvalue weighted by Crippen LogP contribution is 2.23. The summed E-state index contributed by atoms with van der Waals surface area (Å²) < 4.78 is 0. The Morgan fingerprint density at radius 3 is 3.07 bits per heavy atom. The van der Waals surface area contributed by atoms with E-state index >= 15 is 0 Å². The lowest BCUT2D eigenvalue weighted by Crippen LogP contribution is -2.47. The maximum absolute atomic E-state index is 11.3. The second-order valence-electron chi connectivity index (χ2n) is 3.82. The predicted molar refractivity (Wildman–Crippen MR) is 58.4 cm³/mol. The van der Waals surface area contributed by atoms with E-state index in [1.165, 1.54) is 0 Å². The molecule has 1 aromatic heterocycles. The van der Waals surface area contributed by atoms with Crippen molar-refractivity contribution >= 4 is 11.6 Å². The molecule has 1 aromatic rings. The molecule has 4 nitrogen and oxygen atoms in total. The van der Waals surface area contributed by atoms with Crippen LogP contribution in [0.4, 0.5) is 5.69 Å². The summed E-state index contributed by atoms with van der Waals surface area (Å²) in [6, 6.07) is 3.68. The average molecular weight is 205 g/mol. The topological polar surface area (TPSA) is 59.2 Å². The lowest BCUT2D eigenvalue weighted by Gasteiger charge is -2.35. The smallest absolute Gasteiger partial charge is 0.240 e. The second kappa shape index (κ2) is 4.29. The number of anilines is 1. The summed E-state index contributed by atoms with van der Waals surface area (Å²) in [5.74, 6) is -0.237. The first-order chi connectivity index (χ1) is 7.29. The zero-order valence-corrected chi connectivity index (χ0v) is 8.60. The highest BCUT2D eigenvalue weighted by atomic mass is 16.1. The highest BCUT2D eigenvalue weighted by Gasteiger charge is 2.26. The molecular weight excluding hydrogens is 190 g/mol. The van der Waals surface area contributed by atoms with Gasteiger partial charge in [0.2, 0.25) is 5.91 Å². The van der Waals surface area contributed by atoms with Gasteiger partial charge < -0.3 is 10.6 Å². The number of hydrogen-bond acceptors (Lipinski definition) is 3. The van der Waals surface area contributed by atoms with Crippen LogP contribution in [0, 0.1) is 0 Å². The summed E-state index contributed by atoms with van der Waals surface area (Å²) in [5.41, 5.74) is 6.38. The number of carbonyl (C=O) groups is 1. The van der Waals surface area contributed by atoms with Crippen LogP contribution in [0.1, 0.15) is 19.3 Å². The first kappa shape index (κ1) is 9.96. The van der Waals surface area contributed by atoms with Gasteiger partial charge in [-0.05, 0) is 31.4 Å². The standard InChI is InChI=1S/C11H15N3O/c12-11(15)10-5-1-2-7-14(10)9-4-3-6-13-8-9/h3-4,6,8,10H,1-2,5,7H2,(H2,12,15)/t10-/m0/s1. The molecule has 2 heterocycles. The van der Waals surface area contributed by atoms with Gasteiger partial charge in [-0.3, -0.25) is 9.78 Å². The highest BCUT2D eigenvalue weighted by molar-refractivity contribution is 5.83. The van der Waals surface area contributed by atoms with Crippen LogP contribution in [-0.4, -0.2) is 23.5 Å². The molecule has 4 heteroatoms. The van der Waals surface area contributed by atoms with E-state index in [0.29, 0.717) is 0 Å². The monoisotopic (exact) mass is 205 g/mol. The van der Waals surface area contributed by atoms with Crippen LogP contribution in [-0.2, 0) is 4.79 Å². The number of rotatable bonds is 2. The summed E-state index contributed by atoms with van der Waals surface area (Å²) in [7, 11) is 0. The molecule has 1 fully saturated rings. The number of carbonyl (C=O) groups excluding carboxylic acids is 1. The van der Waals surface area contributed by atoms with Crippen LogP contribution >= 0.6 is 0 Å². The number of aromatic nitrogens is 1. The van der Waals surface area contributed by atoms with Gasteiger partial charge in [0.25, 0.3) is 0 Å². The van der Waals surface area contributed by atoms with Crippen molar-refractivity contribution in [1.29, 1.82) is 0 Å². The number of nitrogens with two attached hydrogens (primary N) is 1. The van der Waals surface area contributed by atoms with Crippen molar-refractivity contribution in [3.8, 4) is 0 Å². The second-order valence-corrected chi connectivity index (χ2v) is 3.82. The summed E-state index contributed by atoms with van der Waals surface area (Å²) in [5, 5.41) is 0. The summed E-state index contributed by atoms with van der Waals surface area (Å²) in [4.78, 5) is 17.4. The number of amides is 1. The summed E-state index contributed by atoms with van der Waals surface area (Å²) in [6.07, 6.45) is 6.54. The Kier molecular flexibility index (Phi) is 2.85. The van der Waals surface area contributed by atoms with E-state index in [1.54, 1.807) is 12.4 Å².